The van der Waals surface area contributed by atoms with E-state index in [0.717, 1.165) is 51.0 Å². The lowest BCUT2D eigenvalue weighted by Crippen LogP contribution is -2.27. The molecule has 0 radical (unpaired) electrons. The van der Waals surface area contributed by atoms with Gasteiger partial charge in [0, 0.05) is 19.4 Å². The number of hydrogen-bond acceptors (Lipinski definition) is 5. The van der Waals surface area contributed by atoms with Crippen LogP contribution in [-0.4, -0.2) is 46.0 Å². The van der Waals surface area contributed by atoms with Gasteiger partial charge in [0.25, 0.3) is 0 Å². The molecule has 1 amide bonds. The first kappa shape index (κ1) is 16.4. The van der Waals surface area contributed by atoms with Gasteiger partial charge in [-0.05, 0) is 52.1 Å². The van der Waals surface area contributed by atoms with Crippen molar-refractivity contribution >= 4 is 11.9 Å². The van der Waals surface area contributed by atoms with Crippen molar-refractivity contribution in [2.24, 2.45) is 7.05 Å². The van der Waals surface area contributed by atoms with Crippen LogP contribution in [0.4, 0.5) is 5.95 Å². The monoisotopic (exact) mass is 321 g/mol. The molecule has 0 bridgehead atoms. The number of piperidine rings is 1. The van der Waals surface area contributed by atoms with Crippen LogP contribution in [0, 0.1) is 0 Å². The zero-order chi connectivity index (χ0) is 16.2. The number of anilines is 1. The number of aromatic nitrogens is 3. The third-order valence-corrected chi connectivity index (χ3v) is 4.75. The van der Waals surface area contributed by atoms with E-state index in [9.17, 15) is 4.79 Å². The van der Waals surface area contributed by atoms with Gasteiger partial charge in [0.1, 0.15) is 0 Å². The number of ether oxygens (including phenoxy) is 1. The van der Waals surface area contributed by atoms with Crippen molar-refractivity contribution < 1.29 is 9.53 Å². The molecule has 7 heteroatoms. The van der Waals surface area contributed by atoms with E-state index in [1.807, 2.05) is 7.05 Å². The summed E-state index contributed by atoms with van der Waals surface area (Å²) in [7, 11) is 1.83. The summed E-state index contributed by atoms with van der Waals surface area (Å²) < 4.78 is 7.42. The van der Waals surface area contributed by atoms with Gasteiger partial charge in [-0.2, -0.15) is 10.1 Å². The van der Waals surface area contributed by atoms with Gasteiger partial charge in [-0.15, -0.1) is 0 Å². The fourth-order valence-corrected chi connectivity index (χ4v) is 3.34. The first-order valence-corrected chi connectivity index (χ1v) is 8.69. The summed E-state index contributed by atoms with van der Waals surface area (Å²) in [5.74, 6) is 1.77. The number of amides is 1. The SMILES string of the molecule is CC1CCC(CCC(=O)Nc2nc(C3CCNCC3)nn2C)O1. The number of aryl methyl sites for hydroxylation is 1. The Kier molecular flexibility index (Phi) is 5.27. The lowest BCUT2D eigenvalue weighted by Gasteiger charge is -2.19. The van der Waals surface area contributed by atoms with E-state index in [1.165, 1.54) is 0 Å². The summed E-state index contributed by atoms with van der Waals surface area (Å²) in [5, 5.41) is 10.7. The second kappa shape index (κ2) is 7.40. The molecule has 1 aromatic rings. The molecule has 128 valence electrons. The van der Waals surface area contributed by atoms with Crippen molar-refractivity contribution in [3.05, 3.63) is 5.82 Å². The number of rotatable bonds is 5. The molecule has 2 fully saturated rings. The predicted molar refractivity (Wildman–Crippen MR) is 87.3 cm³/mol. The Labute approximate surface area is 137 Å². The summed E-state index contributed by atoms with van der Waals surface area (Å²) in [6.07, 6.45) is 6.04. The summed E-state index contributed by atoms with van der Waals surface area (Å²) in [6.45, 7) is 4.09. The van der Waals surface area contributed by atoms with Crippen LogP contribution in [0.5, 0.6) is 0 Å². The summed E-state index contributed by atoms with van der Waals surface area (Å²) in [5.41, 5.74) is 0. The zero-order valence-corrected chi connectivity index (χ0v) is 14.0. The van der Waals surface area contributed by atoms with Crippen LogP contribution >= 0.6 is 0 Å². The van der Waals surface area contributed by atoms with Gasteiger partial charge in [-0.25, -0.2) is 4.68 Å². The molecule has 0 aromatic carbocycles. The van der Waals surface area contributed by atoms with E-state index < -0.39 is 0 Å². The topological polar surface area (TPSA) is 81.1 Å². The largest absolute Gasteiger partial charge is 0.375 e. The van der Waals surface area contributed by atoms with E-state index in [-0.39, 0.29) is 12.0 Å². The average Bonchev–Trinajstić information content (AvgIpc) is 3.13. The van der Waals surface area contributed by atoms with Crippen LogP contribution in [0.15, 0.2) is 0 Å². The van der Waals surface area contributed by atoms with Crippen molar-refractivity contribution in [1.29, 1.82) is 0 Å². The molecule has 2 unspecified atom stereocenters. The molecule has 0 spiro atoms. The van der Waals surface area contributed by atoms with E-state index >= 15 is 0 Å². The minimum Gasteiger partial charge on any atom is -0.375 e. The van der Waals surface area contributed by atoms with Crippen LogP contribution < -0.4 is 10.6 Å². The Balaban J connectivity index is 1.50. The zero-order valence-electron chi connectivity index (χ0n) is 14.0. The molecule has 2 atom stereocenters. The summed E-state index contributed by atoms with van der Waals surface area (Å²) >= 11 is 0. The van der Waals surface area contributed by atoms with Crippen LogP contribution in [0.3, 0.4) is 0 Å². The highest BCUT2D eigenvalue weighted by Crippen LogP contribution is 2.24. The molecular formula is C16H27N5O2. The molecule has 3 rings (SSSR count). The molecule has 2 aliphatic rings. The van der Waals surface area contributed by atoms with Crippen molar-refractivity contribution in [3.63, 3.8) is 0 Å². The van der Waals surface area contributed by atoms with Crippen LogP contribution in [-0.2, 0) is 16.6 Å². The Morgan fingerprint density at radius 3 is 2.83 bits per heavy atom. The molecule has 2 N–H and O–H groups in total. The van der Waals surface area contributed by atoms with Crippen molar-refractivity contribution in [1.82, 2.24) is 20.1 Å². The standard InChI is InChI=1S/C16H27N5O2/c1-11-3-4-13(23-11)5-6-14(22)18-16-19-15(20-21(16)2)12-7-9-17-10-8-12/h11-13,17H,3-10H2,1-2H3,(H,18,19,20,22). The molecule has 7 nitrogen and oxygen atoms in total. The van der Waals surface area contributed by atoms with Gasteiger partial charge in [-0.3, -0.25) is 10.1 Å². The van der Waals surface area contributed by atoms with Crippen molar-refractivity contribution in [2.75, 3.05) is 18.4 Å². The second-order valence-electron chi connectivity index (χ2n) is 6.67. The van der Waals surface area contributed by atoms with E-state index in [2.05, 4.69) is 27.6 Å². The fraction of sp³-hybridized carbons (Fsp3) is 0.812. The highest BCUT2D eigenvalue weighted by Gasteiger charge is 2.23. The van der Waals surface area contributed by atoms with E-state index in [4.69, 9.17) is 4.74 Å². The van der Waals surface area contributed by atoms with Crippen LogP contribution in [0.25, 0.3) is 0 Å². The van der Waals surface area contributed by atoms with Crippen molar-refractivity contribution in [3.8, 4) is 0 Å². The van der Waals surface area contributed by atoms with Crippen molar-refractivity contribution in [2.45, 2.75) is 63.6 Å². The van der Waals surface area contributed by atoms with Gasteiger partial charge in [-0.1, -0.05) is 0 Å². The molecule has 0 aliphatic carbocycles. The molecule has 2 saturated heterocycles. The normalized spacial score (nSPS) is 25.7. The maximum absolute atomic E-state index is 12.1. The second-order valence-corrected chi connectivity index (χ2v) is 6.67. The third-order valence-electron chi connectivity index (χ3n) is 4.75. The highest BCUT2D eigenvalue weighted by molar-refractivity contribution is 5.88. The molecule has 0 saturated carbocycles. The minimum atomic E-state index is -0.0134. The van der Waals surface area contributed by atoms with E-state index in [0.29, 0.717) is 24.4 Å². The van der Waals surface area contributed by atoms with Gasteiger partial charge in [0.05, 0.1) is 12.2 Å². The van der Waals surface area contributed by atoms with Gasteiger partial charge >= 0.3 is 0 Å². The predicted octanol–water partition coefficient (Wildman–Crippen LogP) is 1.57. The Morgan fingerprint density at radius 2 is 2.13 bits per heavy atom. The van der Waals surface area contributed by atoms with Crippen LogP contribution in [0.1, 0.15) is 57.2 Å². The lowest BCUT2D eigenvalue weighted by atomic mass is 9.98. The summed E-state index contributed by atoms with van der Waals surface area (Å²) in [4.78, 5) is 16.7. The first-order chi connectivity index (χ1) is 11.1. The number of nitrogens with zero attached hydrogens (tertiary/aromatic N) is 3. The maximum Gasteiger partial charge on any atom is 0.227 e. The molecular weight excluding hydrogens is 294 g/mol. The summed E-state index contributed by atoms with van der Waals surface area (Å²) in [6, 6.07) is 0. The fourth-order valence-electron chi connectivity index (χ4n) is 3.34. The number of carbonyl (C=O) groups excluding carboxylic acids is 1. The molecule has 2 aliphatic heterocycles. The average molecular weight is 321 g/mol. The highest BCUT2D eigenvalue weighted by atomic mass is 16.5. The lowest BCUT2D eigenvalue weighted by molar-refractivity contribution is -0.117. The number of nitrogens with one attached hydrogen (secondary N) is 2. The molecule has 1 aromatic heterocycles. The van der Waals surface area contributed by atoms with Gasteiger partial charge < -0.3 is 10.1 Å². The number of hydrogen-bond donors (Lipinski definition) is 2. The maximum atomic E-state index is 12.1. The first-order valence-electron chi connectivity index (χ1n) is 8.69. The minimum absolute atomic E-state index is 0.0134. The Morgan fingerprint density at radius 1 is 1.35 bits per heavy atom. The smallest absolute Gasteiger partial charge is 0.227 e. The molecule has 3 heterocycles. The Bertz CT molecular complexity index is 539. The molecule has 23 heavy (non-hydrogen) atoms. The Hall–Kier alpha value is -1.47. The van der Waals surface area contributed by atoms with Gasteiger partial charge in [0.15, 0.2) is 5.82 Å². The third kappa shape index (κ3) is 4.29. The van der Waals surface area contributed by atoms with Crippen LogP contribution in [0.2, 0.25) is 0 Å². The number of carbonyl (C=O) groups is 1. The van der Waals surface area contributed by atoms with E-state index in [1.54, 1.807) is 4.68 Å². The van der Waals surface area contributed by atoms with Gasteiger partial charge in [0.2, 0.25) is 11.9 Å². The quantitative estimate of drug-likeness (QED) is 0.860.